The van der Waals surface area contributed by atoms with Gasteiger partial charge in [0.05, 0.1) is 6.10 Å². The molecule has 1 unspecified atom stereocenters. The number of nitrogens with zero attached hydrogens (tertiary/aromatic N) is 1. The highest BCUT2D eigenvalue weighted by Crippen LogP contribution is 2.46. The van der Waals surface area contributed by atoms with E-state index < -0.39 is 41.6 Å². The highest BCUT2D eigenvalue weighted by molar-refractivity contribution is 5.66. The Kier molecular flexibility index (Phi) is 4.50. The molecule has 2 heterocycles. The zero-order valence-electron chi connectivity index (χ0n) is 12.7. The minimum absolute atomic E-state index is 0.376. The summed E-state index contributed by atoms with van der Waals surface area (Å²) >= 11 is 0. The van der Waals surface area contributed by atoms with E-state index in [1.807, 2.05) is 6.92 Å². The number of alkyl halides is 1. The van der Waals surface area contributed by atoms with E-state index in [1.54, 1.807) is 6.92 Å². The summed E-state index contributed by atoms with van der Waals surface area (Å²) in [6.45, 7) is 3.75. The SMILES string of the molecule is CC[C@H]1O[C@@H](n2ccc(=O)[nH]c2=O)C(CF)(OC(C)=O)[C@H]1C. The van der Waals surface area contributed by atoms with E-state index in [4.69, 9.17) is 9.47 Å². The molecule has 1 fully saturated rings. The number of aromatic nitrogens is 2. The van der Waals surface area contributed by atoms with Crippen molar-refractivity contribution in [2.75, 3.05) is 6.67 Å². The molecule has 0 saturated carbocycles. The Hall–Kier alpha value is -1.96. The Bertz CT molecular complexity index is 670. The van der Waals surface area contributed by atoms with Crippen molar-refractivity contribution in [1.29, 1.82) is 0 Å². The maximum absolute atomic E-state index is 13.9. The van der Waals surface area contributed by atoms with Gasteiger partial charge in [-0.25, -0.2) is 9.18 Å². The second-order valence-electron chi connectivity index (χ2n) is 5.42. The lowest BCUT2D eigenvalue weighted by atomic mass is 9.86. The van der Waals surface area contributed by atoms with Gasteiger partial charge in [-0.15, -0.1) is 0 Å². The minimum Gasteiger partial charge on any atom is -0.451 e. The number of hydrogen-bond acceptors (Lipinski definition) is 5. The van der Waals surface area contributed by atoms with Gasteiger partial charge in [0.15, 0.2) is 11.8 Å². The fraction of sp³-hybridized carbons (Fsp3) is 0.643. The van der Waals surface area contributed by atoms with Gasteiger partial charge in [-0.05, 0) is 6.42 Å². The first kappa shape index (κ1) is 16.4. The molecule has 7 nitrogen and oxygen atoms in total. The lowest BCUT2D eigenvalue weighted by Crippen LogP contribution is -2.50. The van der Waals surface area contributed by atoms with Crippen LogP contribution in [0.1, 0.15) is 33.4 Å². The number of esters is 1. The van der Waals surface area contributed by atoms with Crippen LogP contribution in [0.25, 0.3) is 0 Å². The Morgan fingerprint density at radius 1 is 1.55 bits per heavy atom. The third kappa shape index (κ3) is 2.58. The van der Waals surface area contributed by atoms with Gasteiger partial charge in [0.2, 0.25) is 0 Å². The van der Waals surface area contributed by atoms with Crippen LogP contribution in [0.4, 0.5) is 4.39 Å². The van der Waals surface area contributed by atoms with Gasteiger partial charge in [-0.3, -0.25) is 19.1 Å². The molecule has 1 aromatic heterocycles. The average Bonchev–Trinajstić information content (AvgIpc) is 2.72. The van der Waals surface area contributed by atoms with E-state index in [2.05, 4.69) is 4.98 Å². The maximum atomic E-state index is 13.9. The van der Waals surface area contributed by atoms with Gasteiger partial charge in [0.1, 0.15) is 6.67 Å². The van der Waals surface area contributed by atoms with Gasteiger partial charge in [-0.2, -0.15) is 0 Å². The van der Waals surface area contributed by atoms with Crippen molar-refractivity contribution in [3.05, 3.63) is 33.1 Å². The van der Waals surface area contributed by atoms with Gasteiger partial charge in [-0.1, -0.05) is 13.8 Å². The highest BCUT2D eigenvalue weighted by Gasteiger charge is 2.58. The van der Waals surface area contributed by atoms with Crippen molar-refractivity contribution < 1.29 is 18.7 Å². The maximum Gasteiger partial charge on any atom is 0.330 e. The standard InChI is InChI=1S/C14H19FN2O5/c1-4-10-8(2)14(7-15,22-9(3)18)12(21-10)17-6-5-11(19)16-13(17)20/h5-6,8,10,12H,4,7H2,1-3H3,(H,16,19,20)/t8-,10+,12+,14?/m0/s1. The molecule has 0 aliphatic carbocycles. The number of hydrogen-bond donors (Lipinski definition) is 1. The summed E-state index contributed by atoms with van der Waals surface area (Å²) in [5, 5.41) is 0. The first-order valence-electron chi connectivity index (χ1n) is 7.08. The summed E-state index contributed by atoms with van der Waals surface area (Å²) in [4.78, 5) is 36.7. The summed E-state index contributed by atoms with van der Waals surface area (Å²) in [6, 6.07) is 1.13. The first-order valence-corrected chi connectivity index (χ1v) is 7.08. The predicted molar refractivity (Wildman–Crippen MR) is 75.2 cm³/mol. The predicted octanol–water partition coefficient (Wildman–Crippen LogP) is 0.751. The third-order valence-electron chi connectivity index (χ3n) is 4.10. The summed E-state index contributed by atoms with van der Waals surface area (Å²) in [6.07, 6.45) is 0.271. The van der Waals surface area contributed by atoms with Crippen molar-refractivity contribution in [1.82, 2.24) is 9.55 Å². The van der Waals surface area contributed by atoms with E-state index in [0.29, 0.717) is 6.42 Å². The van der Waals surface area contributed by atoms with Crippen LogP contribution in [0, 0.1) is 5.92 Å². The number of carbonyl (C=O) groups excluding carboxylic acids is 1. The van der Waals surface area contributed by atoms with Crippen LogP contribution < -0.4 is 11.2 Å². The van der Waals surface area contributed by atoms with Crippen LogP contribution in [0.2, 0.25) is 0 Å². The van der Waals surface area contributed by atoms with Gasteiger partial charge < -0.3 is 9.47 Å². The van der Waals surface area contributed by atoms with Gasteiger partial charge >= 0.3 is 11.7 Å². The molecular formula is C14H19FN2O5. The average molecular weight is 314 g/mol. The Balaban J connectivity index is 2.56. The normalized spacial score (nSPS) is 31.2. The molecule has 122 valence electrons. The molecule has 8 heteroatoms. The molecule has 2 rings (SSSR count). The summed E-state index contributed by atoms with van der Waals surface area (Å²) < 4.78 is 25.9. The van der Waals surface area contributed by atoms with E-state index >= 15 is 0 Å². The largest absolute Gasteiger partial charge is 0.451 e. The van der Waals surface area contributed by atoms with Crippen molar-refractivity contribution in [3.8, 4) is 0 Å². The summed E-state index contributed by atoms with van der Waals surface area (Å²) in [7, 11) is 0. The van der Waals surface area contributed by atoms with E-state index in [0.717, 1.165) is 10.6 Å². The summed E-state index contributed by atoms with van der Waals surface area (Å²) in [5.41, 5.74) is -2.92. The molecule has 1 N–H and O–H groups in total. The Morgan fingerprint density at radius 2 is 2.23 bits per heavy atom. The third-order valence-corrected chi connectivity index (χ3v) is 4.10. The molecule has 0 radical (unpaired) electrons. The van der Waals surface area contributed by atoms with Crippen LogP contribution in [0.15, 0.2) is 21.9 Å². The number of rotatable bonds is 4. The second-order valence-corrected chi connectivity index (χ2v) is 5.42. The van der Waals surface area contributed by atoms with Crippen LogP contribution in [-0.4, -0.2) is 33.9 Å². The van der Waals surface area contributed by atoms with E-state index in [1.165, 1.54) is 13.1 Å². The minimum atomic E-state index is -1.60. The number of aromatic amines is 1. The Morgan fingerprint density at radius 3 is 2.73 bits per heavy atom. The van der Waals surface area contributed by atoms with Crippen LogP contribution in [-0.2, 0) is 14.3 Å². The number of nitrogens with one attached hydrogen (secondary N) is 1. The van der Waals surface area contributed by atoms with Crippen LogP contribution in [0.3, 0.4) is 0 Å². The summed E-state index contributed by atoms with van der Waals surface area (Å²) in [5.74, 6) is -1.11. The van der Waals surface area contributed by atoms with Gasteiger partial charge in [0, 0.05) is 25.1 Å². The van der Waals surface area contributed by atoms with Crippen LogP contribution in [0.5, 0.6) is 0 Å². The highest BCUT2D eigenvalue weighted by atomic mass is 19.1. The number of halogens is 1. The zero-order chi connectivity index (χ0) is 16.5. The molecule has 1 aromatic rings. The van der Waals surface area contributed by atoms with Crippen molar-refractivity contribution in [2.45, 2.75) is 45.1 Å². The van der Waals surface area contributed by atoms with Crippen molar-refractivity contribution >= 4 is 5.97 Å². The van der Waals surface area contributed by atoms with Crippen LogP contribution >= 0.6 is 0 Å². The number of carbonyl (C=O) groups is 1. The monoisotopic (exact) mass is 314 g/mol. The first-order chi connectivity index (χ1) is 10.4. The molecule has 1 saturated heterocycles. The second kappa shape index (κ2) is 6.04. The zero-order valence-corrected chi connectivity index (χ0v) is 12.7. The molecule has 0 spiro atoms. The van der Waals surface area contributed by atoms with Crippen molar-refractivity contribution in [2.24, 2.45) is 5.92 Å². The van der Waals surface area contributed by atoms with Crippen molar-refractivity contribution in [3.63, 3.8) is 0 Å². The molecule has 4 atom stereocenters. The fourth-order valence-corrected chi connectivity index (χ4v) is 2.93. The lowest BCUT2D eigenvalue weighted by molar-refractivity contribution is -0.178. The Labute approximate surface area is 126 Å². The molecular weight excluding hydrogens is 295 g/mol. The quantitative estimate of drug-likeness (QED) is 0.828. The molecule has 1 aliphatic heterocycles. The number of H-pyrrole nitrogens is 1. The number of ether oxygens (including phenoxy) is 2. The lowest BCUT2D eigenvalue weighted by Gasteiger charge is -2.34. The topological polar surface area (TPSA) is 90.4 Å². The fourth-order valence-electron chi connectivity index (χ4n) is 2.93. The molecule has 0 bridgehead atoms. The molecule has 1 aliphatic rings. The van der Waals surface area contributed by atoms with E-state index in [-0.39, 0.29) is 6.10 Å². The molecule has 0 amide bonds. The smallest absolute Gasteiger partial charge is 0.330 e. The van der Waals surface area contributed by atoms with E-state index in [9.17, 15) is 18.8 Å². The molecule has 22 heavy (non-hydrogen) atoms. The molecule has 0 aromatic carbocycles. The van der Waals surface area contributed by atoms with Gasteiger partial charge in [0.25, 0.3) is 5.56 Å².